The van der Waals surface area contributed by atoms with E-state index in [9.17, 15) is 18.3 Å². The van der Waals surface area contributed by atoms with Crippen LogP contribution < -0.4 is 20.1 Å². The minimum Gasteiger partial charge on any atom is -0.497 e. The van der Waals surface area contributed by atoms with E-state index >= 15 is 0 Å². The first-order valence-corrected chi connectivity index (χ1v) is 17.0. The number of aliphatic hydroxyl groups is 1. The lowest BCUT2D eigenvalue weighted by atomic mass is 9.99. The number of benzene rings is 2. The van der Waals surface area contributed by atoms with E-state index in [0.717, 1.165) is 35.3 Å². The van der Waals surface area contributed by atoms with Gasteiger partial charge in [0.15, 0.2) is 0 Å². The molecule has 1 aliphatic carbocycles. The summed E-state index contributed by atoms with van der Waals surface area (Å²) in [6.45, 7) is 11.7. The Morgan fingerprint density at radius 2 is 1.89 bits per heavy atom. The first-order valence-electron chi connectivity index (χ1n) is 15.4. The Morgan fingerprint density at radius 1 is 1.14 bits per heavy atom. The third-order valence-corrected chi connectivity index (χ3v) is 9.97. The second-order valence-corrected chi connectivity index (χ2v) is 13.5. The summed E-state index contributed by atoms with van der Waals surface area (Å²) in [4.78, 5) is 13.5. The zero-order valence-corrected chi connectivity index (χ0v) is 27.0. The van der Waals surface area contributed by atoms with Gasteiger partial charge in [0, 0.05) is 12.6 Å². The molecule has 3 rings (SSSR count). The van der Waals surface area contributed by atoms with E-state index in [1.165, 1.54) is 6.08 Å². The summed E-state index contributed by atoms with van der Waals surface area (Å²) >= 11 is 0. The first kappa shape index (κ1) is 35.5. The fourth-order valence-corrected chi connectivity index (χ4v) is 6.76. The van der Waals surface area contributed by atoms with Crippen molar-refractivity contribution < 1.29 is 27.8 Å². The van der Waals surface area contributed by atoms with Gasteiger partial charge in [0.1, 0.15) is 11.8 Å². The molecule has 44 heavy (non-hydrogen) atoms. The molecule has 0 heterocycles. The molecule has 4 N–H and O–H groups in total. The van der Waals surface area contributed by atoms with Gasteiger partial charge >= 0.3 is 0 Å². The average Bonchev–Trinajstić information content (AvgIpc) is 3.37. The summed E-state index contributed by atoms with van der Waals surface area (Å²) in [6, 6.07) is 13.6. The molecule has 2 aromatic carbocycles. The number of amides is 1. The minimum atomic E-state index is -3.74. The molecule has 0 aromatic heterocycles. The van der Waals surface area contributed by atoms with Crippen LogP contribution in [0.25, 0.3) is 0 Å². The monoisotopic (exact) mass is 627 g/mol. The molecule has 1 amide bonds. The Bertz CT molecular complexity index is 1320. The van der Waals surface area contributed by atoms with Gasteiger partial charge in [-0.25, -0.2) is 13.1 Å². The number of nitrogens with one attached hydrogen (secondary N) is 3. The zero-order valence-electron chi connectivity index (χ0n) is 26.2. The number of methoxy groups -OCH3 is 1. The third-order valence-electron chi connectivity index (χ3n) is 8.06. The highest BCUT2D eigenvalue weighted by Crippen LogP contribution is 2.42. The first-order chi connectivity index (χ1) is 21.1. The lowest BCUT2D eigenvalue weighted by Crippen LogP contribution is -2.55. The maximum Gasteiger partial charge on any atom is 0.238 e. The standard InChI is InChI=1S/C34H49N3O6S/c1-6-9-14-24(4)44(40,41)37-29(13-7-2)34(39)36-31(20-25-15-11-10-12-16-25)32(38)23-35-30-22-33(43-19-8-3)27-18-17-26(42-5)21-28(27)30/h7-8,10-12,15-18,21,24,29-33,35,37-38H,2-3,6,9,13-14,19-20,22-23H2,1,4-5H3,(H,36,39)/t24?,29-,30-,31-,32+,33+/m0/s1. The van der Waals surface area contributed by atoms with Crippen LogP contribution in [0.3, 0.4) is 0 Å². The summed E-state index contributed by atoms with van der Waals surface area (Å²) in [5.74, 6) is 0.222. The second-order valence-electron chi connectivity index (χ2n) is 11.4. The largest absolute Gasteiger partial charge is 0.497 e. The summed E-state index contributed by atoms with van der Waals surface area (Å²) in [7, 11) is -2.12. The Labute approximate surface area is 263 Å². The van der Waals surface area contributed by atoms with E-state index in [4.69, 9.17) is 9.47 Å². The lowest BCUT2D eigenvalue weighted by Gasteiger charge is -2.28. The van der Waals surface area contributed by atoms with Gasteiger partial charge in [0.25, 0.3) is 0 Å². The summed E-state index contributed by atoms with van der Waals surface area (Å²) in [5, 5.41) is 17.2. The van der Waals surface area contributed by atoms with E-state index in [0.29, 0.717) is 25.9 Å². The predicted octanol–water partition coefficient (Wildman–Crippen LogP) is 4.50. The number of rotatable bonds is 20. The number of aliphatic hydroxyl groups excluding tert-OH is 1. The number of carbonyl (C=O) groups excluding carboxylic acids is 1. The second kappa shape index (κ2) is 17.5. The van der Waals surface area contributed by atoms with Crippen LogP contribution in [-0.4, -0.2) is 63.1 Å². The predicted molar refractivity (Wildman–Crippen MR) is 175 cm³/mol. The van der Waals surface area contributed by atoms with Gasteiger partial charge in [-0.15, -0.1) is 13.2 Å². The highest BCUT2D eigenvalue weighted by Gasteiger charge is 2.34. The van der Waals surface area contributed by atoms with E-state index in [1.54, 1.807) is 20.1 Å². The van der Waals surface area contributed by atoms with Crippen molar-refractivity contribution >= 4 is 15.9 Å². The van der Waals surface area contributed by atoms with Crippen molar-refractivity contribution in [3.05, 3.63) is 90.5 Å². The molecule has 2 aromatic rings. The van der Waals surface area contributed by atoms with Gasteiger partial charge in [-0.3, -0.25) is 4.79 Å². The molecule has 0 saturated carbocycles. The van der Waals surface area contributed by atoms with Crippen molar-refractivity contribution in [3.63, 3.8) is 0 Å². The highest BCUT2D eigenvalue weighted by atomic mass is 32.2. The molecular formula is C34H49N3O6S. The van der Waals surface area contributed by atoms with Crippen LogP contribution in [0.5, 0.6) is 5.75 Å². The number of unbranched alkanes of at least 4 members (excludes halogenated alkanes) is 1. The maximum atomic E-state index is 13.5. The van der Waals surface area contributed by atoms with Crippen molar-refractivity contribution in [2.45, 2.75) is 88.0 Å². The van der Waals surface area contributed by atoms with E-state index in [-0.39, 0.29) is 25.1 Å². The lowest BCUT2D eigenvalue weighted by molar-refractivity contribution is -0.124. The topological polar surface area (TPSA) is 126 Å². The molecule has 6 atom stereocenters. The number of hydrogen-bond acceptors (Lipinski definition) is 7. The highest BCUT2D eigenvalue weighted by molar-refractivity contribution is 7.90. The Kier molecular flexibility index (Phi) is 14.1. The van der Waals surface area contributed by atoms with Crippen molar-refractivity contribution in [1.29, 1.82) is 0 Å². The quantitative estimate of drug-likeness (QED) is 0.159. The van der Waals surface area contributed by atoms with Crippen LogP contribution in [0.15, 0.2) is 73.8 Å². The molecule has 0 saturated heterocycles. The summed E-state index contributed by atoms with van der Waals surface area (Å²) in [5.41, 5.74) is 3.02. The molecule has 0 aliphatic heterocycles. The maximum absolute atomic E-state index is 13.5. The van der Waals surface area contributed by atoms with Crippen LogP contribution >= 0.6 is 0 Å². The smallest absolute Gasteiger partial charge is 0.238 e. The van der Waals surface area contributed by atoms with Gasteiger partial charge in [0.2, 0.25) is 15.9 Å². The van der Waals surface area contributed by atoms with Gasteiger partial charge < -0.3 is 25.2 Å². The molecule has 0 radical (unpaired) electrons. The van der Waals surface area contributed by atoms with Crippen LogP contribution in [0.4, 0.5) is 0 Å². The number of hydrogen-bond donors (Lipinski definition) is 4. The fourth-order valence-electron chi connectivity index (χ4n) is 5.45. The van der Waals surface area contributed by atoms with Crippen molar-refractivity contribution in [2.24, 2.45) is 0 Å². The molecular weight excluding hydrogens is 578 g/mol. The van der Waals surface area contributed by atoms with Crippen LogP contribution in [0, 0.1) is 0 Å². The van der Waals surface area contributed by atoms with Gasteiger partial charge in [0.05, 0.1) is 37.2 Å². The Morgan fingerprint density at radius 3 is 2.55 bits per heavy atom. The molecule has 0 spiro atoms. The van der Waals surface area contributed by atoms with Gasteiger partial charge in [-0.1, -0.05) is 68.3 Å². The van der Waals surface area contributed by atoms with Crippen molar-refractivity contribution in [3.8, 4) is 5.75 Å². The van der Waals surface area contributed by atoms with Gasteiger partial charge in [-0.05, 0) is 61.4 Å². The molecule has 0 bridgehead atoms. The number of sulfonamides is 1. The zero-order chi connectivity index (χ0) is 32.1. The van der Waals surface area contributed by atoms with Crippen LogP contribution in [0.2, 0.25) is 0 Å². The van der Waals surface area contributed by atoms with Crippen LogP contribution in [-0.2, 0) is 26.0 Å². The molecule has 9 nitrogen and oxygen atoms in total. The molecule has 1 aliphatic rings. The third kappa shape index (κ3) is 10.0. The van der Waals surface area contributed by atoms with Crippen LogP contribution in [0.1, 0.15) is 74.8 Å². The SMILES string of the molecule is C=CCO[C@@H]1C[C@H](NC[C@@H](O)[C@H](Cc2ccccc2)NC(=O)[C@H](CC=C)NS(=O)(=O)C(C)CCCC)c2cc(OC)ccc21. The Balaban J connectivity index is 1.77. The fraction of sp³-hybridized carbons (Fsp3) is 0.500. The van der Waals surface area contributed by atoms with E-state index < -0.39 is 39.4 Å². The molecule has 10 heteroatoms. The summed E-state index contributed by atoms with van der Waals surface area (Å²) in [6.07, 6.45) is 5.43. The normalized spacial score (nSPS) is 18.9. The van der Waals surface area contributed by atoms with Gasteiger partial charge in [-0.2, -0.15) is 0 Å². The summed E-state index contributed by atoms with van der Waals surface area (Å²) < 4.78 is 40.1. The van der Waals surface area contributed by atoms with E-state index in [2.05, 4.69) is 28.5 Å². The number of fused-ring (bicyclic) bond motifs is 1. The number of carbonyl (C=O) groups is 1. The number of ether oxygens (including phenoxy) is 2. The Hall–Kier alpha value is -3.02. The van der Waals surface area contributed by atoms with Crippen molar-refractivity contribution in [1.82, 2.24) is 15.4 Å². The average molecular weight is 628 g/mol. The molecule has 1 unspecified atom stereocenters. The molecule has 242 valence electrons. The van der Waals surface area contributed by atoms with E-state index in [1.807, 2.05) is 55.5 Å². The van der Waals surface area contributed by atoms with Crippen molar-refractivity contribution in [2.75, 3.05) is 20.3 Å². The molecule has 0 fully saturated rings. The minimum absolute atomic E-state index is 0.109.